The fourth-order valence-electron chi connectivity index (χ4n) is 0.824. The molecule has 1 aromatic heterocycles. The molecule has 0 saturated heterocycles. The molecular formula is C9H16N2O2S. The second-order valence-electron chi connectivity index (χ2n) is 3.49. The normalized spacial score (nSPS) is 13.5. The maximum atomic E-state index is 8.82. The lowest BCUT2D eigenvalue weighted by molar-refractivity contribution is 0.300. The lowest BCUT2D eigenvalue weighted by Gasteiger charge is -2.03. The Morgan fingerprint density at radius 1 is 1.36 bits per heavy atom. The van der Waals surface area contributed by atoms with Gasteiger partial charge in [0.05, 0.1) is 12.4 Å². The van der Waals surface area contributed by atoms with Crippen molar-refractivity contribution >= 4 is 11.8 Å². The lowest BCUT2D eigenvalue weighted by atomic mass is 10.2. The fourth-order valence-corrected chi connectivity index (χ4v) is 1.47. The highest BCUT2D eigenvalue weighted by molar-refractivity contribution is 7.99. The first kappa shape index (κ1) is 11.5. The Balaban J connectivity index is 2.44. The quantitative estimate of drug-likeness (QED) is 0.813. The molecule has 0 aliphatic carbocycles. The fraction of sp³-hybridized carbons (Fsp3) is 0.778. The van der Waals surface area contributed by atoms with E-state index >= 15 is 0 Å². The van der Waals surface area contributed by atoms with Crippen molar-refractivity contribution in [2.75, 3.05) is 6.61 Å². The molecule has 5 heteroatoms. The third kappa shape index (κ3) is 3.31. The summed E-state index contributed by atoms with van der Waals surface area (Å²) in [7, 11) is 0. The molecule has 0 bridgehead atoms. The Bertz CT molecular complexity index is 276. The molecule has 1 atom stereocenters. The van der Waals surface area contributed by atoms with E-state index in [1.807, 2.05) is 20.8 Å². The summed E-state index contributed by atoms with van der Waals surface area (Å²) in [5, 5.41) is 16.9. The molecule has 0 saturated carbocycles. The summed E-state index contributed by atoms with van der Waals surface area (Å²) in [4.78, 5) is 0. The van der Waals surface area contributed by atoms with E-state index in [0.717, 1.165) is 0 Å². The third-order valence-electron chi connectivity index (χ3n) is 1.72. The van der Waals surface area contributed by atoms with E-state index in [4.69, 9.17) is 9.52 Å². The van der Waals surface area contributed by atoms with Crippen LogP contribution in [0.1, 0.15) is 38.5 Å². The van der Waals surface area contributed by atoms with Gasteiger partial charge in [-0.25, -0.2) is 0 Å². The van der Waals surface area contributed by atoms with Gasteiger partial charge in [0.1, 0.15) is 0 Å². The van der Waals surface area contributed by atoms with Gasteiger partial charge in [-0.1, -0.05) is 20.8 Å². The van der Waals surface area contributed by atoms with Gasteiger partial charge < -0.3 is 9.52 Å². The molecule has 0 aromatic carbocycles. The van der Waals surface area contributed by atoms with E-state index in [2.05, 4.69) is 10.2 Å². The Labute approximate surface area is 88.1 Å². The van der Waals surface area contributed by atoms with Crippen molar-refractivity contribution in [3.63, 3.8) is 0 Å². The molecular weight excluding hydrogens is 200 g/mol. The standard InChI is InChI=1S/C9H16N2O2S/c1-6(2)9-11-10-8(13-9)5-14-7(3)4-12/h6-7,12H,4-5H2,1-3H3/t7-/m1/s1. The summed E-state index contributed by atoms with van der Waals surface area (Å²) in [6.07, 6.45) is 0. The summed E-state index contributed by atoms with van der Waals surface area (Å²) in [6.45, 7) is 6.17. The van der Waals surface area contributed by atoms with Gasteiger partial charge in [-0.05, 0) is 0 Å². The van der Waals surface area contributed by atoms with Crippen LogP contribution in [0.25, 0.3) is 0 Å². The second kappa shape index (κ2) is 5.36. The van der Waals surface area contributed by atoms with Crippen molar-refractivity contribution in [1.82, 2.24) is 10.2 Å². The number of aliphatic hydroxyl groups is 1. The van der Waals surface area contributed by atoms with Crippen LogP contribution in [0.4, 0.5) is 0 Å². The van der Waals surface area contributed by atoms with Gasteiger partial charge in [0.2, 0.25) is 11.8 Å². The zero-order chi connectivity index (χ0) is 10.6. The van der Waals surface area contributed by atoms with Gasteiger partial charge in [-0.2, -0.15) is 0 Å². The van der Waals surface area contributed by atoms with E-state index in [-0.39, 0.29) is 17.8 Å². The van der Waals surface area contributed by atoms with E-state index in [1.54, 1.807) is 11.8 Å². The molecule has 1 rings (SSSR count). The van der Waals surface area contributed by atoms with Crippen LogP contribution in [-0.2, 0) is 5.75 Å². The predicted octanol–water partition coefficient (Wildman–Crippen LogP) is 1.81. The van der Waals surface area contributed by atoms with E-state index in [0.29, 0.717) is 17.5 Å². The zero-order valence-corrected chi connectivity index (χ0v) is 9.54. The van der Waals surface area contributed by atoms with E-state index < -0.39 is 0 Å². The van der Waals surface area contributed by atoms with Gasteiger partial charge in [-0.15, -0.1) is 22.0 Å². The van der Waals surface area contributed by atoms with Gasteiger partial charge in [0.15, 0.2) is 0 Å². The van der Waals surface area contributed by atoms with Gasteiger partial charge in [-0.3, -0.25) is 0 Å². The molecule has 14 heavy (non-hydrogen) atoms. The highest BCUT2D eigenvalue weighted by Gasteiger charge is 2.10. The molecule has 0 unspecified atom stereocenters. The molecule has 1 aromatic rings. The van der Waals surface area contributed by atoms with Crippen molar-refractivity contribution in [3.05, 3.63) is 11.8 Å². The molecule has 0 radical (unpaired) electrons. The van der Waals surface area contributed by atoms with Crippen LogP contribution in [-0.4, -0.2) is 27.2 Å². The van der Waals surface area contributed by atoms with Crippen molar-refractivity contribution in [2.45, 2.75) is 37.7 Å². The van der Waals surface area contributed by atoms with Gasteiger partial charge in [0, 0.05) is 11.2 Å². The van der Waals surface area contributed by atoms with Crippen LogP contribution in [0.2, 0.25) is 0 Å². The molecule has 0 aliphatic heterocycles. The summed E-state index contributed by atoms with van der Waals surface area (Å²) in [5.41, 5.74) is 0. The minimum absolute atomic E-state index is 0.176. The SMILES string of the molecule is CC(C)c1nnc(CS[C@H](C)CO)o1. The molecule has 1 heterocycles. The molecule has 0 fully saturated rings. The average molecular weight is 216 g/mol. The largest absolute Gasteiger partial charge is 0.424 e. The number of aliphatic hydroxyl groups excluding tert-OH is 1. The Hall–Kier alpha value is -0.550. The molecule has 0 amide bonds. The topological polar surface area (TPSA) is 59.2 Å². The number of hydrogen-bond donors (Lipinski definition) is 1. The summed E-state index contributed by atoms with van der Waals surface area (Å²) in [5.74, 6) is 2.26. The van der Waals surface area contributed by atoms with Crippen molar-refractivity contribution in [2.24, 2.45) is 0 Å². The van der Waals surface area contributed by atoms with Crippen molar-refractivity contribution in [1.29, 1.82) is 0 Å². The van der Waals surface area contributed by atoms with E-state index in [9.17, 15) is 0 Å². The average Bonchev–Trinajstić information content (AvgIpc) is 2.62. The highest BCUT2D eigenvalue weighted by atomic mass is 32.2. The first-order valence-electron chi connectivity index (χ1n) is 4.68. The first-order chi connectivity index (χ1) is 6.63. The molecule has 4 nitrogen and oxygen atoms in total. The number of aromatic nitrogens is 2. The first-order valence-corrected chi connectivity index (χ1v) is 5.73. The Morgan fingerprint density at radius 3 is 2.57 bits per heavy atom. The molecule has 1 N–H and O–H groups in total. The monoisotopic (exact) mass is 216 g/mol. The maximum absolute atomic E-state index is 8.82. The summed E-state index contributed by atoms with van der Waals surface area (Å²) in [6, 6.07) is 0. The molecule has 0 aliphatic rings. The van der Waals surface area contributed by atoms with Crippen molar-refractivity contribution < 1.29 is 9.52 Å². The summed E-state index contributed by atoms with van der Waals surface area (Å²) < 4.78 is 5.42. The number of hydrogen-bond acceptors (Lipinski definition) is 5. The van der Waals surface area contributed by atoms with E-state index in [1.165, 1.54) is 0 Å². The second-order valence-corrected chi connectivity index (χ2v) is 4.92. The number of rotatable bonds is 5. The number of nitrogens with zero attached hydrogens (tertiary/aromatic N) is 2. The predicted molar refractivity (Wildman–Crippen MR) is 56.2 cm³/mol. The van der Waals surface area contributed by atoms with Crippen LogP contribution in [0.5, 0.6) is 0 Å². The summed E-state index contributed by atoms with van der Waals surface area (Å²) >= 11 is 1.61. The van der Waals surface area contributed by atoms with Crippen LogP contribution in [0.3, 0.4) is 0 Å². The lowest BCUT2D eigenvalue weighted by Crippen LogP contribution is -2.02. The maximum Gasteiger partial charge on any atom is 0.226 e. The minimum Gasteiger partial charge on any atom is -0.424 e. The smallest absolute Gasteiger partial charge is 0.226 e. The highest BCUT2D eigenvalue weighted by Crippen LogP contribution is 2.18. The minimum atomic E-state index is 0.176. The Morgan fingerprint density at radius 2 is 2.07 bits per heavy atom. The Kier molecular flexibility index (Phi) is 4.41. The van der Waals surface area contributed by atoms with Crippen molar-refractivity contribution in [3.8, 4) is 0 Å². The van der Waals surface area contributed by atoms with Gasteiger partial charge >= 0.3 is 0 Å². The van der Waals surface area contributed by atoms with Crippen LogP contribution in [0, 0.1) is 0 Å². The molecule has 0 spiro atoms. The third-order valence-corrected chi connectivity index (χ3v) is 2.86. The van der Waals surface area contributed by atoms with Crippen LogP contribution < -0.4 is 0 Å². The number of thioether (sulfide) groups is 1. The van der Waals surface area contributed by atoms with Crippen LogP contribution in [0.15, 0.2) is 4.42 Å². The molecule has 80 valence electrons. The zero-order valence-electron chi connectivity index (χ0n) is 8.73. The van der Waals surface area contributed by atoms with Crippen LogP contribution >= 0.6 is 11.8 Å². The van der Waals surface area contributed by atoms with Gasteiger partial charge in [0.25, 0.3) is 0 Å².